The summed E-state index contributed by atoms with van der Waals surface area (Å²) in [5.74, 6) is -2.74. The SMILES string of the molecule is COC(=O)c1[c-]c(-c2ccccc2)c(C(=O)OC)c(S(=O)(=O)O)c1S(=O)(=O)O.[Na+]. The molecule has 0 unspecified atom stereocenters. The van der Waals surface area contributed by atoms with E-state index in [2.05, 4.69) is 15.5 Å². The van der Waals surface area contributed by atoms with Crippen LogP contribution in [0, 0.1) is 6.07 Å². The van der Waals surface area contributed by atoms with E-state index in [-0.39, 0.29) is 40.7 Å². The Bertz CT molecular complexity index is 1160. The van der Waals surface area contributed by atoms with Crippen molar-refractivity contribution in [2.75, 3.05) is 14.2 Å². The van der Waals surface area contributed by atoms with Crippen LogP contribution in [-0.4, -0.2) is 52.1 Å². The molecular weight excluding hydrogens is 439 g/mol. The predicted octanol–water partition coefficient (Wildman–Crippen LogP) is -1.78. The van der Waals surface area contributed by atoms with Crippen LogP contribution in [0.25, 0.3) is 11.1 Å². The van der Waals surface area contributed by atoms with Gasteiger partial charge in [0.25, 0.3) is 26.2 Å². The Labute approximate surface area is 188 Å². The number of hydrogen-bond donors (Lipinski definition) is 2. The quantitative estimate of drug-likeness (QED) is 0.230. The monoisotopic (exact) mass is 452 g/mol. The second kappa shape index (κ2) is 9.34. The number of carbonyl (C=O) groups is 2. The normalized spacial score (nSPS) is 11.3. The van der Waals surface area contributed by atoms with E-state index in [0.717, 1.165) is 14.2 Å². The van der Waals surface area contributed by atoms with Gasteiger partial charge in [-0.2, -0.15) is 8.42 Å². The van der Waals surface area contributed by atoms with Crippen LogP contribution in [0.1, 0.15) is 20.7 Å². The van der Waals surface area contributed by atoms with Crippen LogP contribution in [0.15, 0.2) is 40.1 Å². The maximum Gasteiger partial charge on any atom is 1.00 e. The largest absolute Gasteiger partial charge is 1.00 e. The number of ether oxygens (including phenoxy) is 2. The van der Waals surface area contributed by atoms with Gasteiger partial charge in [-0.15, -0.1) is 11.6 Å². The molecular formula is C16H13NaO10S2. The molecule has 0 heterocycles. The van der Waals surface area contributed by atoms with Gasteiger partial charge in [0.05, 0.1) is 24.0 Å². The third-order valence-corrected chi connectivity index (χ3v) is 5.50. The van der Waals surface area contributed by atoms with Crippen molar-refractivity contribution in [1.29, 1.82) is 0 Å². The minimum Gasteiger partial charge on any atom is -0.500 e. The molecule has 0 aliphatic carbocycles. The third kappa shape index (κ3) is 5.22. The smallest absolute Gasteiger partial charge is 0.500 e. The van der Waals surface area contributed by atoms with Gasteiger partial charge < -0.3 is 9.47 Å². The Morgan fingerprint density at radius 2 is 1.34 bits per heavy atom. The van der Waals surface area contributed by atoms with E-state index >= 15 is 0 Å². The average molecular weight is 452 g/mol. The van der Waals surface area contributed by atoms with Crippen LogP contribution < -0.4 is 29.6 Å². The Hall–Kier alpha value is -1.80. The van der Waals surface area contributed by atoms with Gasteiger partial charge in [-0.3, -0.25) is 18.7 Å². The first kappa shape index (κ1) is 25.2. The molecule has 29 heavy (non-hydrogen) atoms. The summed E-state index contributed by atoms with van der Waals surface area (Å²) in [6.45, 7) is 0. The van der Waals surface area contributed by atoms with Crippen LogP contribution in [0.3, 0.4) is 0 Å². The van der Waals surface area contributed by atoms with Crippen molar-refractivity contribution in [2.45, 2.75) is 9.79 Å². The van der Waals surface area contributed by atoms with E-state index in [0.29, 0.717) is 0 Å². The van der Waals surface area contributed by atoms with Crippen molar-refractivity contribution >= 4 is 32.2 Å². The van der Waals surface area contributed by atoms with Crippen molar-refractivity contribution in [3.8, 4) is 11.1 Å². The second-order valence-electron chi connectivity index (χ2n) is 5.21. The van der Waals surface area contributed by atoms with Crippen molar-refractivity contribution in [1.82, 2.24) is 0 Å². The topological polar surface area (TPSA) is 161 Å². The molecule has 0 amide bonds. The van der Waals surface area contributed by atoms with Gasteiger partial charge in [0.2, 0.25) is 0 Å². The molecule has 0 aliphatic heterocycles. The second-order valence-corrected chi connectivity index (χ2v) is 7.92. The Kier molecular flexibility index (Phi) is 8.13. The fourth-order valence-corrected chi connectivity index (χ4v) is 4.58. The van der Waals surface area contributed by atoms with E-state index < -0.39 is 53.1 Å². The average Bonchev–Trinajstić information content (AvgIpc) is 2.64. The molecule has 0 spiro atoms. The van der Waals surface area contributed by atoms with Crippen LogP contribution in [-0.2, 0) is 29.7 Å². The van der Waals surface area contributed by atoms with Crippen LogP contribution in [0.4, 0.5) is 0 Å². The molecule has 2 aromatic carbocycles. The summed E-state index contributed by atoms with van der Waals surface area (Å²) in [6.07, 6.45) is 0. The standard InChI is InChI=1S/C16H13O10S2.Na/c1-25-15(17)11-8-10(9-6-4-3-5-7-9)12(16(18)26-2)14(28(22,23)24)13(11)27(19,20)21;/h3-7H,1-2H3,(H,19,20,21)(H,22,23,24);/q-1;+1. The van der Waals surface area contributed by atoms with Crippen LogP contribution in [0.5, 0.6) is 0 Å². The zero-order chi connectivity index (χ0) is 21.3. The first-order chi connectivity index (χ1) is 12.9. The van der Waals surface area contributed by atoms with Crippen LogP contribution >= 0.6 is 0 Å². The van der Waals surface area contributed by atoms with E-state index in [4.69, 9.17) is 0 Å². The van der Waals surface area contributed by atoms with Gasteiger partial charge in [0, 0.05) is 5.56 Å². The van der Waals surface area contributed by atoms with Crippen molar-refractivity contribution in [3.05, 3.63) is 47.5 Å². The molecule has 0 bridgehead atoms. The summed E-state index contributed by atoms with van der Waals surface area (Å²) >= 11 is 0. The van der Waals surface area contributed by atoms with Gasteiger partial charge in [-0.1, -0.05) is 35.9 Å². The zero-order valence-electron chi connectivity index (χ0n) is 15.4. The number of benzene rings is 2. The van der Waals surface area contributed by atoms with Gasteiger partial charge in [0.15, 0.2) is 0 Å². The molecule has 13 heteroatoms. The predicted molar refractivity (Wildman–Crippen MR) is 93.0 cm³/mol. The van der Waals surface area contributed by atoms with Gasteiger partial charge in [-0.25, -0.2) is 8.42 Å². The summed E-state index contributed by atoms with van der Waals surface area (Å²) < 4.78 is 75.8. The van der Waals surface area contributed by atoms with Gasteiger partial charge >= 0.3 is 35.5 Å². The Morgan fingerprint density at radius 1 is 0.862 bits per heavy atom. The van der Waals surface area contributed by atoms with Crippen molar-refractivity contribution in [3.63, 3.8) is 0 Å². The molecule has 0 fully saturated rings. The van der Waals surface area contributed by atoms with E-state index in [1.165, 1.54) is 24.3 Å². The minimum absolute atomic E-state index is 0. The summed E-state index contributed by atoms with van der Waals surface area (Å²) in [5, 5.41) is 0. The molecule has 2 aromatic rings. The molecule has 2 rings (SSSR count). The summed E-state index contributed by atoms with van der Waals surface area (Å²) in [5.41, 5.74) is -2.19. The maximum absolute atomic E-state index is 12.3. The van der Waals surface area contributed by atoms with Crippen LogP contribution in [0.2, 0.25) is 0 Å². The maximum atomic E-state index is 12.3. The molecule has 0 aliphatic rings. The van der Waals surface area contributed by atoms with Gasteiger partial charge in [0.1, 0.15) is 0 Å². The fraction of sp³-hybridized carbons (Fsp3) is 0.125. The minimum atomic E-state index is -5.46. The Morgan fingerprint density at radius 3 is 1.76 bits per heavy atom. The van der Waals surface area contributed by atoms with E-state index in [1.807, 2.05) is 0 Å². The number of esters is 2. The molecule has 0 radical (unpaired) electrons. The molecule has 10 nitrogen and oxygen atoms in total. The summed E-state index contributed by atoms with van der Waals surface area (Å²) in [4.78, 5) is 21.3. The summed E-state index contributed by atoms with van der Waals surface area (Å²) in [6, 6.07) is 9.71. The third-order valence-electron chi connectivity index (χ3n) is 3.52. The first-order valence-corrected chi connectivity index (χ1v) is 10.1. The fourth-order valence-electron chi connectivity index (χ4n) is 2.44. The number of carbonyl (C=O) groups excluding carboxylic acids is 2. The molecule has 0 atom stereocenters. The van der Waals surface area contributed by atoms with E-state index in [1.54, 1.807) is 6.07 Å². The molecule has 150 valence electrons. The van der Waals surface area contributed by atoms with E-state index in [9.17, 15) is 35.5 Å². The molecule has 2 N–H and O–H groups in total. The number of rotatable bonds is 5. The van der Waals surface area contributed by atoms with Gasteiger partial charge in [-0.05, 0) is 5.56 Å². The first-order valence-electron chi connectivity index (χ1n) is 7.23. The number of hydrogen-bond acceptors (Lipinski definition) is 8. The van der Waals surface area contributed by atoms with Crippen molar-refractivity contribution < 1.29 is 74.6 Å². The summed E-state index contributed by atoms with van der Waals surface area (Å²) in [7, 11) is -9.16. The molecule has 0 saturated carbocycles. The zero-order valence-corrected chi connectivity index (χ0v) is 19.0. The Balaban J connectivity index is 0.00000420. The molecule has 0 saturated heterocycles. The van der Waals surface area contributed by atoms with Crippen molar-refractivity contribution in [2.24, 2.45) is 0 Å². The molecule has 0 aromatic heterocycles. The number of methoxy groups -OCH3 is 2.